The van der Waals surface area contributed by atoms with E-state index in [1.54, 1.807) is 55.7 Å². The Morgan fingerprint density at radius 3 is 2.34 bits per heavy atom. The van der Waals surface area contributed by atoms with Crippen molar-refractivity contribution in [3.8, 4) is 16.9 Å². The summed E-state index contributed by atoms with van der Waals surface area (Å²) in [5.74, 6) is -0.945. The predicted octanol–water partition coefficient (Wildman–Crippen LogP) is 6.31. The molecule has 3 fully saturated rings. The van der Waals surface area contributed by atoms with Crippen molar-refractivity contribution in [1.82, 2.24) is 19.7 Å². The lowest BCUT2D eigenvalue weighted by atomic mass is 9.93. The van der Waals surface area contributed by atoms with Crippen LogP contribution in [0, 0.1) is 5.92 Å². The molecule has 1 atom stereocenters. The Morgan fingerprint density at radius 2 is 1.66 bits per heavy atom. The summed E-state index contributed by atoms with van der Waals surface area (Å²) < 4.78 is 47.0. The number of halogens is 4. The van der Waals surface area contributed by atoms with Gasteiger partial charge in [0.25, 0.3) is 5.56 Å². The maximum atomic E-state index is 13.7. The molecule has 3 aliphatic rings. The van der Waals surface area contributed by atoms with E-state index in [2.05, 4.69) is 25.2 Å². The second-order valence-corrected chi connectivity index (χ2v) is 15.3. The average molecular weight is 793 g/mol. The highest BCUT2D eigenvalue weighted by atomic mass is 35.5. The molecule has 0 aliphatic carbocycles. The number of imide groups is 1. The maximum Gasteiger partial charge on any atom is 0.573 e. The number of ether oxygens (including phenoxy) is 1. The number of amides is 3. The minimum absolute atomic E-state index is 0.0157. The summed E-state index contributed by atoms with van der Waals surface area (Å²) in [5.41, 5.74) is 2.87. The molecule has 1 aromatic heterocycles. The fourth-order valence-electron chi connectivity index (χ4n) is 8.15. The van der Waals surface area contributed by atoms with Crippen molar-refractivity contribution in [1.29, 1.82) is 0 Å². The zero-order valence-corrected chi connectivity index (χ0v) is 32.0. The lowest BCUT2D eigenvalue weighted by Crippen LogP contribution is -2.48. The molecular formula is C41H44ClF3N6O5. The van der Waals surface area contributed by atoms with Crippen LogP contribution in [-0.2, 0) is 28.0 Å². The van der Waals surface area contributed by atoms with Crippen LogP contribution in [0.2, 0.25) is 5.02 Å². The van der Waals surface area contributed by atoms with Crippen molar-refractivity contribution in [2.45, 2.75) is 63.5 Å². The van der Waals surface area contributed by atoms with Crippen LogP contribution in [0.25, 0.3) is 21.9 Å². The minimum atomic E-state index is -4.89. The number of rotatable bonds is 9. The van der Waals surface area contributed by atoms with E-state index < -0.39 is 12.4 Å². The number of fused-ring (bicyclic) bond motifs is 1. The summed E-state index contributed by atoms with van der Waals surface area (Å²) in [6.07, 6.45) is 0.139. The molecule has 7 rings (SSSR count). The number of anilines is 2. The van der Waals surface area contributed by atoms with Crippen LogP contribution in [0.1, 0.15) is 44.1 Å². The normalized spacial score (nSPS) is 18.9. The van der Waals surface area contributed by atoms with Gasteiger partial charge in [-0.2, -0.15) is 0 Å². The number of hydrogen-bond donors (Lipinski definition) is 2. The van der Waals surface area contributed by atoms with Gasteiger partial charge in [0.15, 0.2) is 0 Å². The first-order valence-electron chi connectivity index (χ1n) is 18.8. The van der Waals surface area contributed by atoms with Gasteiger partial charge in [-0.1, -0.05) is 41.9 Å². The molecule has 3 aromatic carbocycles. The molecule has 3 aliphatic heterocycles. The van der Waals surface area contributed by atoms with Gasteiger partial charge < -0.3 is 24.4 Å². The summed E-state index contributed by atoms with van der Waals surface area (Å²) in [5, 5.41) is 7.14. The van der Waals surface area contributed by atoms with E-state index in [-0.39, 0.29) is 54.0 Å². The van der Waals surface area contributed by atoms with E-state index in [1.807, 2.05) is 24.1 Å². The number of benzene rings is 3. The number of piperidine rings is 3. The number of aryl methyl sites for hydroxylation is 1. The third kappa shape index (κ3) is 8.66. The van der Waals surface area contributed by atoms with Crippen molar-refractivity contribution in [2.75, 3.05) is 43.4 Å². The number of aromatic nitrogens is 1. The number of carbonyl (C=O) groups excluding carboxylic acids is 3. The third-order valence-corrected chi connectivity index (χ3v) is 11.6. The van der Waals surface area contributed by atoms with Crippen LogP contribution in [0.4, 0.5) is 24.5 Å². The van der Waals surface area contributed by atoms with E-state index in [0.29, 0.717) is 96.5 Å². The molecule has 3 amide bonds. The summed E-state index contributed by atoms with van der Waals surface area (Å²) in [7, 11) is 3.46. The number of likely N-dealkylation sites (tertiary alicyclic amines) is 1. The summed E-state index contributed by atoms with van der Waals surface area (Å²) in [6.45, 7) is 2.77. The molecule has 11 nitrogen and oxygen atoms in total. The number of alkyl halides is 3. The van der Waals surface area contributed by atoms with Gasteiger partial charge in [0.1, 0.15) is 11.8 Å². The van der Waals surface area contributed by atoms with Crippen LogP contribution >= 0.6 is 11.6 Å². The van der Waals surface area contributed by atoms with Gasteiger partial charge in [-0.25, -0.2) is 0 Å². The monoisotopic (exact) mass is 792 g/mol. The molecule has 0 radical (unpaired) electrons. The number of nitrogens with zero attached hydrogens (tertiary/aromatic N) is 4. The van der Waals surface area contributed by atoms with E-state index in [1.165, 1.54) is 10.6 Å². The van der Waals surface area contributed by atoms with Crippen LogP contribution < -0.4 is 25.8 Å². The highest BCUT2D eigenvalue weighted by Gasteiger charge is 2.35. The first kappa shape index (κ1) is 39.2. The Bertz CT molecular complexity index is 2200. The Morgan fingerprint density at radius 1 is 0.946 bits per heavy atom. The predicted molar refractivity (Wildman–Crippen MR) is 209 cm³/mol. The van der Waals surface area contributed by atoms with Crippen LogP contribution in [0.3, 0.4) is 0 Å². The Hall–Kier alpha value is -5.08. The topological polar surface area (TPSA) is 116 Å². The van der Waals surface area contributed by atoms with Crippen molar-refractivity contribution >= 4 is 51.5 Å². The molecule has 15 heteroatoms. The summed E-state index contributed by atoms with van der Waals surface area (Å²) >= 11 is 6.67. The first-order chi connectivity index (χ1) is 26.7. The maximum absolute atomic E-state index is 13.7. The third-order valence-electron chi connectivity index (χ3n) is 11.3. The number of carbonyl (C=O) groups is 3. The highest BCUT2D eigenvalue weighted by molar-refractivity contribution is 6.33. The first-order valence-corrected chi connectivity index (χ1v) is 19.2. The molecule has 56 heavy (non-hydrogen) atoms. The van der Waals surface area contributed by atoms with E-state index in [4.69, 9.17) is 11.6 Å². The zero-order valence-electron chi connectivity index (χ0n) is 31.2. The molecule has 4 heterocycles. The molecule has 0 saturated carbocycles. The second-order valence-electron chi connectivity index (χ2n) is 14.9. The fourth-order valence-corrected chi connectivity index (χ4v) is 8.45. The SMILES string of the molecule is CN(C(=O)C1CCN(c2ccc(NC3CCC(=O)NC3=O)cc2Cl)CC1)C1CCN(Cc2ccc(-c3cn(C)c(=O)c4ccccc34)cc2OC(F)(F)F)CC1. The number of hydrogen-bond acceptors (Lipinski definition) is 8. The molecule has 0 bridgehead atoms. The van der Waals surface area contributed by atoms with Gasteiger partial charge >= 0.3 is 6.36 Å². The van der Waals surface area contributed by atoms with Crippen LogP contribution in [0.15, 0.2) is 71.7 Å². The van der Waals surface area contributed by atoms with E-state index in [9.17, 15) is 32.3 Å². The Balaban J connectivity index is 0.937. The van der Waals surface area contributed by atoms with Gasteiger partial charge in [0.2, 0.25) is 17.7 Å². The van der Waals surface area contributed by atoms with E-state index in [0.717, 1.165) is 5.69 Å². The average Bonchev–Trinajstić information content (AvgIpc) is 3.17. The van der Waals surface area contributed by atoms with Crippen molar-refractivity contribution < 1.29 is 32.3 Å². The molecule has 1 unspecified atom stereocenters. The van der Waals surface area contributed by atoms with Gasteiger partial charge in [-0.15, -0.1) is 13.2 Å². The van der Waals surface area contributed by atoms with Crippen LogP contribution in [-0.4, -0.2) is 83.8 Å². The molecule has 4 aromatic rings. The Kier molecular flexibility index (Phi) is 11.3. The quantitative estimate of drug-likeness (QED) is 0.190. The smallest absolute Gasteiger partial charge is 0.405 e. The van der Waals surface area contributed by atoms with Gasteiger partial charge in [-0.05, 0) is 73.4 Å². The zero-order chi connectivity index (χ0) is 39.7. The highest BCUT2D eigenvalue weighted by Crippen LogP contribution is 2.36. The summed E-state index contributed by atoms with van der Waals surface area (Å²) in [6, 6.07) is 16.9. The molecular weight excluding hydrogens is 749 g/mol. The van der Waals surface area contributed by atoms with Gasteiger partial charge in [0.05, 0.1) is 10.7 Å². The standard InChI is InChI=1S/C41H44ClF3N6O5/c1-48-24-32(30-5-3-4-6-31(30)40(48)55)26-7-8-27(36(21-26)56-41(43,44)45)23-50-17-15-29(16-18-50)49(2)39(54)25-13-19-51(20-14-25)35-11-9-28(22-33(35)42)46-34-10-12-37(52)47-38(34)53/h3-9,11,21-22,24-25,29,34,46H,10,12-20,23H2,1-2H3,(H,47,52,53). The molecule has 296 valence electrons. The number of nitrogens with one attached hydrogen (secondary N) is 2. The number of pyridine rings is 1. The van der Waals surface area contributed by atoms with Gasteiger partial charge in [0, 0.05) is 93.6 Å². The largest absolute Gasteiger partial charge is 0.573 e. The van der Waals surface area contributed by atoms with Crippen molar-refractivity contribution in [2.24, 2.45) is 13.0 Å². The second kappa shape index (κ2) is 16.2. The van der Waals surface area contributed by atoms with Crippen LogP contribution in [0.5, 0.6) is 5.75 Å². The molecule has 2 N–H and O–H groups in total. The summed E-state index contributed by atoms with van der Waals surface area (Å²) in [4.78, 5) is 56.1. The fraction of sp³-hybridized carbons (Fsp3) is 0.415. The lowest BCUT2D eigenvalue weighted by molar-refractivity contribution is -0.275. The van der Waals surface area contributed by atoms with Gasteiger partial charge in [-0.3, -0.25) is 29.4 Å². The molecule has 3 saturated heterocycles. The minimum Gasteiger partial charge on any atom is -0.405 e. The van der Waals surface area contributed by atoms with E-state index >= 15 is 0 Å². The van der Waals surface area contributed by atoms with Crippen molar-refractivity contribution in [3.05, 3.63) is 87.8 Å². The molecule has 0 spiro atoms. The van der Waals surface area contributed by atoms with Crippen molar-refractivity contribution in [3.63, 3.8) is 0 Å². The lowest BCUT2D eigenvalue weighted by Gasteiger charge is -2.40. The Labute approximate surface area is 327 Å².